The van der Waals surface area contributed by atoms with Gasteiger partial charge >= 0.3 is 5.97 Å². The molecule has 0 aliphatic heterocycles. The summed E-state index contributed by atoms with van der Waals surface area (Å²) in [5, 5.41) is 6.29. The normalized spacial score (nSPS) is 14.1. The third-order valence-corrected chi connectivity index (χ3v) is 3.53. The Labute approximate surface area is 109 Å². The quantitative estimate of drug-likeness (QED) is 0.777. The summed E-state index contributed by atoms with van der Waals surface area (Å²) < 4.78 is 9.05. The van der Waals surface area contributed by atoms with Crippen molar-refractivity contribution in [2.45, 2.75) is 25.8 Å². The van der Waals surface area contributed by atoms with Crippen molar-refractivity contribution in [1.82, 2.24) is 9.69 Å². The first kappa shape index (κ1) is 12.8. The zero-order valence-corrected chi connectivity index (χ0v) is 11.1. The lowest BCUT2D eigenvalue weighted by atomic mass is 10.2. The Hall–Kier alpha value is -1.63. The molecule has 98 valence electrons. The minimum Gasteiger partial charge on any atom is -0.452 e. The molecular weight excluding hydrogens is 254 g/mol. The molecule has 0 radical (unpaired) electrons. The number of hydrogen-bond donors (Lipinski definition) is 2. The number of aryl methyl sites for hydroxylation is 1. The monoisotopic (exact) mass is 269 g/mol. The van der Waals surface area contributed by atoms with Gasteiger partial charge in [-0.3, -0.25) is 4.79 Å². The Kier molecular flexibility index (Phi) is 3.81. The smallest absolute Gasteiger partial charge is 0.343 e. The van der Waals surface area contributed by atoms with Crippen LogP contribution in [0.25, 0.3) is 0 Å². The number of rotatable bonds is 5. The highest BCUT2D eigenvalue weighted by atomic mass is 32.1. The summed E-state index contributed by atoms with van der Waals surface area (Å²) in [5.74, 6) is -0.769. The molecular formula is C11H15N3O3S. The highest BCUT2D eigenvalue weighted by molar-refractivity contribution is 7.10. The van der Waals surface area contributed by atoms with Gasteiger partial charge in [-0.05, 0) is 31.3 Å². The van der Waals surface area contributed by atoms with Crippen molar-refractivity contribution in [1.29, 1.82) is 0 Å². The largest absolute Gasteiger partial charge is 0.452 e. The van der Waals surface area contributed by atoms with E-state index in [0.717, 1.165) is 12.8 Å². The minimum atomic E-state index is -0.517. The van der Waals surface area contributed by atoms with Crippen LogP contribution in [0.15, 0.2) is 0 Å². The van der Waals surface area contributed by atoms with Gasteiger partial charge < -0.3 is 15.4 Å². The second-order valence-electron chi connectivity index (χ2n) is 4.14. The molecule has 1 fully saturated rings. The summed E-state index contributed by atoms with van der Waals surface area (Å²) in [4.78, 5) is 23.2. The number of carbonyl (C=O) groups excluding carboxylic acids is 2. The van der Waals surface area contributed by atoms with Gasteiger partial charge in [0.05, 0.1) is 5.69 Å². The SMILES string of the molecule is CNc1snc(C)c1C(=O)OCC(=O)NC1CC1. The van der Waals surface area contributed by atoms with Gasteiger partial charge in [0.15, 0.2) is 6.61 Å². The zero-order valence-electron chi connectivity index (χ0n) is 10.3. The number of carbonyl (C=O) groups is 2. The van der Waals surface area contributed by atoms with Crippen molar-refractivity contribution in [3.05, 3.63) is 11.3 Å². The van der Waals surface area contributed by atoms with Crippen molar-refractivity contribution in [3.63, 3.8) is 0 Å². The van der Waals surface area contributed by atoms with Crippen LogP contribution < -0.4 is 10.6 Å². The average Bonchev–Trinajstić information content (AvgIpc) is 3.07. The van der Waals surface area contributed by atoms with Gasteiger partial charge in [0, 0.05) is 13.1 Å². The first-order chi connectivity index (χ1) is 8.61. The van der Waals surface area contributed by atoms with Crippen LogP contribution in [0, 0.1) is 6.92 Å². The van der Waals surface area contributed by atoms with Crippen molar-refractivity contribution in [2.75, 3.05) is 19.0 Å². The van der Waals surface area contributed by atoms with Crippen LogP contribution >= 0.6 is 11.5 Å². The maximum Gasteiger partial charge on any atom is 0.343 e. The number of anilines is 1. The molecule has 1 aliphatic carbocycles. The van der Waals surface area contributed by atoms with Gasteiger partial charge in [-0.25, -0.2) is 4.79 Å². The number of hydrogen-bond acceptors (Lipinski definition) is 6. The highest BCUT2D eigenvalue weighted by Gasteiger charge is 2.24. The molecule has 18 heavy (non-hydrogen) atoms. The Morgan fingerprint density at radius 3 is 2.83 bits per heavy atom. The molecule has 0 saturated heterocycles. The molecule has 1 aromatic rings. The molecule has 0 unspecified atom stereocenters. The predicted octanol–water partition coefficient (Wildman–Crippen LogP) is 0.929. The summed E-state index contributed by atoms with van der Waals surface area (Å²) >= 11 is 1.20. The summed E-state index contributed by atoms with van der Waals surface area (Å²) in [5.41, 5.74) is 1.01. The van der Waals surface area contributed by atoms with Crippen LogP contribution in [-0.2, 0) is 9.53 Å². The van der Waals surface area contributed by atoms with E-state index in [0.29, 0.717) is 16.3 Å². The van der Waals surface area contributed by atoms with Crippen LogP contribution in [0.4, 0.5) is 5.00 Å². The summed E-state index contributed by atoms with van der Waals surface area (Å²) in [6.07, 6.45) is 2.02. The van der Waals surface area contributed by atoms with Crippen LogP contribution in [0.3, 0.4) is 0 Å². The first-order valence-corrected chi connectivity index (χ1v) is 6.49. The Bertz CT molecular complexity index is 468. The van der Waals surface area contributed by atoms with E-state index in [1.165, 1.54) is 11.5 Å². The third kappa shape index (κ3) is 2.98. The van der Waals surface area contributed by atoms with Gasteiger partial charge in [0.25, 0.3) is 5.91 Å². The van der Waals surface area contributed by atoms with E-state index in [4.69, 9.17) is 4.74 Å². The van der Waals surface area contributed by atoms with Crippen molar-refractivity contribution < 1.29 is 14.3 Å². The van der Waals surface area contributed by atoms with Crippen LogP contribution in [0.2, 0.25) is 0 Å². The van der Waals surface area contributed by atoms with Crippen LogP contribution in [0.5, 0.6) is 0 Å². The van der Waals surface area contributed by atoms with Gasteiger partial charge in [0.1, 0.15) is 10.6 Å². The van der Waals surface area contributed by atoms with E-state index in [-0.39, 0.29) is 18.6 Å². The fourth-order valence-electron chi connectivity index (χ4n) is 1.48. The second-order valence-corrected chi connectivity index (χ2v) is 4.91. The Balaban J connectivity index is 1.90. The summed E-state index contributed by atoms with van der Waals surface area (Å²) in [7, 11) is 1.71. The lowest BCUT2D eigenvalue weighted by Crippen LogP contribution is -2.30. The second kappa shape index (κ2) is 5.34. The molecule has 2 N–H and O–H groups in total. The molecule has 0 spiro atoms. The minimum absolute atomic E-state index is 0.242. The maximum atomic E-state index is 11.8. The topological polar surface area (TPSA) is 80.3 Å². The molecule has 1 heterocycles. The van der Waals surface area contributed by atoms with Gasteiger partial charge in [-0.15, -0.1) is 0 Å². The van der Waals surface area contributed by atoms with Gasteiger partial charge in [-0.2, -0.15) is 4.37 Å². The molecule has 1 amide bonds. The summed E-state index contributed by atoms with van der Waals surface area (Å²) in [6, 6.07) is 0.272. The fraction of sp³-hybridized carbons (Fsp3) is 0.545. The fourth-order valence-corrected chi connectivity index (χ4v) is 2.21. The standard InChI is InChI=1S/C11H15N3O3S/c1-6-9(10(12-2)18-14-6)11(16)17-5-8(15)13-7-3-4-7/h7,12H,3-5H2,1-2H3,(H,13,15). The van der Waals surface area contributed by atoms with E-state index < -0.39 is 5.97 Å². The van der Waals surface area contributed by atoms with E-state index in [1.807, 2.05) is 0 Å². The molecule has 2 rings (SSSR count). The van der Waals surface area contributed by atoms with E-state index in [2.05, 4.69) is 15.0 Å². The molecule has 7 heteroatoms. The number of esters is 1. The number of ether oxygens (including phenoxy) is 1. The predicted molar refractivity (Wildman–Crippen MR) is 67.8 cm³/mol. The molecule has 0 bridgehead atoms. The summed E-state index contributed by atoms with van der Waals surface area (Å²) in [6.45, 7) is 1.49. The van der Waals surface area contributed by atoms with Gasteiger partial charge in [-0.1, -0.05) is 0 Å². The molecule has 1 aromatic heterocycles. The molecule has 0 aromatic carbocycles. The maximum absolute atomic E-state index is 11.8. The first-order valence-electron chi connectivity index (χ1n) is 5.72. The Morgan fingerprint density at radius 1 is 1.50 bits per heavy atom. The van der Waals surface area contributed by atoms with Crippen molar-refractivity contribution in [2.24, 2.45) is 0 Å². The highest BCUT2D eigenvalue weighted by Crippen LogP contribution is 2.24. The van der Waals surface area contributed by atoms with E-state index >= 15 is 0 Å². The number of nitrogens with one attached hydrogen (secondary N) is 2. The number of amides is 1. The van der Waals surface area contributed by atoms with Crippen LogP contribution in [0.1, 0.15) is 28.9 Å². The zero-order chi connectivity index (χ0) is 13.1. The average molecular weight is 269 g/mol. The third-order valence-electron chi connectivity index (χ3n) is 2.57. The Morgan fingerprint density at radius 2 is 2.22 bits per heavy atom. The van der Waals surface area contributed by atoms with Crippen molar-refractivity contribution in [3.8, 4) is 0 Å². The lowest BCUT2D eigenvalue weighted by molar-refractivity contribution is -0.124. The van der Waals surface area contributed by atoms with E-state index in [9.17, 15) is 9.59 Å². The van der Waals surface area contributed by atoms with Gasteiger partial charge in [0.2, 0.25) is 0 Å². The lowest BCUT2D eigenvalue weighted by Gasteiger charge is -2.06. The molecule has 1 saturated carbocycles. The molecule has 1 aliphatic rings. The number of aromatic nitrogens is 1. The van der Waals surface area contributed by atoms with E-state index in [1.54, 1.807) is 14.0 Å². The van der Waals surface area contributed by atoms with Crippen LogP contribution in [-0.4, -0.2) is 35.9 Å². The molecule has 0 atom stereocenters. The molecule has 6 nitrogen and oxygen atoms in total. The number of nitrogens with zero attached hydrogens (tertiary/aromatic N) is 1. The van der Waals surface area contributed by atoms with Crippen molar-refractivity contribution >= 4 is 28.4 Å².